The Morgan fingerprint density at radius 2 is 1.94 bits per heavy atom. The zero-order valence-electron chi connectivity index (χ0n) is 10.7. The van der Waals surface area contributed by atoms with Gasteiger partial charge in [-0.15, -0.1) is 0 Å². The third-order valence-corrected chi connectivity index (χ3v) is 4.67. The molecule has 3 nitrogen and oxygen atoms in total. The highest BCUT2D eigenvalue weighted by atomic mass is 16.5. The molecule has 17 heavy (non-hydrogen) atoms. The molecular formula is C14H25NO2. The second kappa shape index (κ2) is 5.25. The van der Waals surface area contributed by atoms with Crippen molar-refractivity contribution in [2.75, 3.05) is 19.8 Å². The Balaban J connectivity index is 1.46. The van der Waals surface area contributed by atoms with Gasteiger partial charge in [-0.1, -0.05) is 12.8 Å². The number of nitrogens with one attached hydrogen (secondary N) is 1. The van der Waals surface area contributed by atoms with Crippen LogP contribution in [0.15, 0.2) is 0 Å². The first-order chi connectivity index (χ1) is 8.36. The van der Waals surface area contributed by atoms with Gasteiger partial charge >= 0.3 is 0 Å². The van der Waals surface area contributed by atoms with Gasteiger partial charge in [0.25, 0.3) is 0 Å². The topological polar surface area (TPSA) is 30.5 Å². The summed E-state index contributed by atoms with van der Waals surface area (Å²) >= 11 is 0. The third kappa shape index (κ3) is 2.83. The Hall–Kier alpha value is -0.120. The first-order valence-electron chi connectivity index (χ1n) is 7.35. The van der Waals surface area contributed by atoms with Crippen LogP contribution in [0, 0.1) is 0 Å². The molecule has 1 saturated carbocycles. The average Bonchev–Trinajstić information content (AvgIpc) is 2.99. The van der Waals surface area contributed by atoms with Crippen LogP contribution in [0.1, 0.15) is 51.4 Å². The molecule has 98 valence electrons. The van der Waals surface area contributed by atoms with E-state index in [9.17, 15) is 0 Å². The minimum absolute atomic E-state index is 0.243. The maximum absolute atomic E-state index is 6.06. The van der Waals surface area contributed by atoms with E-state index in [2.05, 4.69) is 5.32 Å². The molecule has 0 amide bonds. The largest absolute Gasteiger partial charge is 0.377 e. The minimum atomic E-state index is 0.243. The Labute approximate surface area is 104 Å². The van der Waals surface area contributed by atoms with E-state index in [4.69, 9.17) is 9.47 Å². The van der Waals surface area contributed by atoms with Gasteiger partial charge in [0.1, 0.15) is 0 Å². The van der Waals surface area contributed by atoms with Crippen molar-refractivity contribution < 1.29 is 9.47 Å². The molecule has 1 aliphatic carbocycles. The molecule has 0 aromatic carbocycles. The van der Waals surface area contributed by atoms with Gasteiger partial charge in [-0.25, -0.2) is 0 Å². The van der Waals surface area contributed by atoms with Crippen molar-refractivity contribution in [1.29, 1.82) is 0 Å². The molecule has 2 atom stereocenters. The second-order valence-electron chi connectivity index (χ2n) is 5.97. The summed E-state index contributed by atoms with van der Waals surface area (Å²) in [6.45, 7) is 2.95. The van der Waals surface area contributed by atoms with Gasteiger partial charge in [-0.3, -0.25) is 0 Å². The fourth-order valence-corrected chi connectivity index (χ4v) is 3.67. The lowest BCUT2D eigenvalue weighted by molar-refractivity contribution is -0.0845. The smallest absolute Gasteiger partial charge is 0.0700 e. The van der Waals surface area contributed by atoms with Gasteiger partial charge in [0.2, 0.25) is 0 Å². The van der Waals surface area contributed by atoms with Gasteiger partial charge in [-0.05, 0) is 38.5 Å². The summed E-state index contributed by atoms with van der Waals surface area (Å²) in [6.07, 6.45) is 10.6. The summed E-state index contributed by atoms with van der Waals surface area (Å²) in [5.41, 5.74) is 0.243. The Kier molecular flexibility index (Phi) is 3.69. The van der Waals surface area contributed by atoms with Crippen LogP contribution in [0.3, 0.4) is 0 Å². The van der Waals surface area contributed by atoms with E-state index in [1.54, 1.807) is 0 Å². The summed E-state index contributed by atoms with van der Waals surface area (Å²) in [6, 6.07) is 0.658. The SMILES string of the molecule is C1CO[C@H](CN[C@H]2CCOC3(CCCC3)C2)C1. The van der Waals surface area contributed by atoms with Gasteiger partial charge < -0.3 is 14.8 Å². The summed E-state index contributed by atoms with van der Waals surface area (Å²) in [7, 11) is 0. The van der Waals surface area contributed by atoms with Crippen molar-refractivity contribution in [2.24, 2.45) is 0 Å². The van der Waals surface area contributed by atoms with Gasteiger partial charge in [0.15, 0.2) is 0 Å². The van der Waals surface area contributed by atoms with E-state index in [0.717, 1.165) is 19.8 Å². The quantitative estimate of drug-likeness (QED) is 0.819. The predicted molar refractivity (Wildman–Crippen MR) is 67.1 cm³/mol. The molecule has 2 heterocycles. The molecule has 2 aliphatic heterocycles. The first-order valence-corrected chi connectivity index (χ1v) is 7.35. The molecule has 0 unspecified atom stereocenters. The number of rotatable bonds is 3. The van der Waals surface area contributed by atoms with Crippen LogP contribution in [0.5, 0.6) is 0 Å². The average molecular weight is 239 g/mol. The number of hydrogen-bond acceptors (Lipinski definition) is 3. The number of ether oxygens (including phenoxy) is 2. The van der Waals surface area contributed by atoms with Crippen LogP contribution in [0.2, 0.25) is 0 Å². The maximum Gasteiger partial charge on any atom is 0.0700 e. The maximum atomic E-state index is 6.06. The normalized spacial score (nSPS) is 36.7. The number of hydrogen-bond donors (Lipinski definition) is 1. The lowest BCUT2D eigenvalue weighted by atomic mass is 9.89. The minimum Gasteiger partial charge on any atom is -0.377 e. The molecule has 3 aliphatic rings. The molecule has 2 saturated heterocycles. The van der Waals surface area contributed by atoms with Gasteiger partial charge in [0.05, 0.1) is 11.7 Å². The molecule has 0 bridgehead atoms. The highest BCUT2D eigenvalue weighted by Crippen LogP contribution is 2.39. The van der Waals surface area contributed by atoms with Crippen molar-refractivity contribution in [1.82, 2.24) is 5.32 Å². The van der Waals surface area contributed by atoms with Crippen LogP contribution < -0.4 is 5.32 Å². The van der Waals surface area contributed by atoms with E-state index in [1.807, 2.05) is 0 Å². The van der Waals surface area contributed by atoms with E-state index in [1.165, 1.54) is 51.4 Å². The van der Waals surface area contributed by atoms with E-state index < -0.39 is 0 Å². The van der Waals surface area contributed by atoms with Crippen molar-refractivity contribution >= 4 is 0 Å². The highest BCUT2D eigenvalue weighted by Gasteiger charge is 2.39. The molecule has 1 N–H and O–H groups in total. The fourth-order valence-electron chi connectivity index (χ4n) is 3.67. The fraction of sp³-hybridized carbons (Fsp3) is 1.00. The summed E-state index contributed by atoms with van der Waals surface area (Å²) in [5, 5.41) is 3.71. The molecule has 0 aromatic heterocycles. The molecule has 3 rings (SSSR count). The van der Waals surface area contributed by atoms with E-state index in [-0.39, 0.29) is 5.60 Å². The zero-order chi connectivity index (χ0) is 11.6. The highest BCUT2D eigenvalue weighted by molar-refractivity contribution is 4.93. The molecule has 0 aromatic rings. The van der Waals surface area contributed by atoms with Crippen LogP contribution in [-0.2, 0) is 9.47 Å². The van der Waals surface area contributed by atoms with Crippen molar-refractivity contribution in [3.63, 3.8) is 0 Å². The van der Waals surface area contributed by atoms with Crippen LogP contribution >= 0.6 is 0 Å². The van der Waals surface area contributed by atoms with Gasteiger partial charge in [-0.2, -0.15) is 0 Å². The lowest BCUT2D eigenvalue weighted by Crippen LogP contribution is -2.47. The molecular weight excluding hydrogens is 214 g/mol. The van der Waals surface area contributed by atoms with E-state index in [0.29, 0.717) is 12.1 Å². The summed E-state index contributed by atoms with van der Waals surface area (Å²) in [5.74, 6) is 0. The first kappa shape index (κ1) is 11.9. The molecule has 1 spiro atoms. The summed E-state index contributed by atoms with van der Waals surface area (Å²) in [4.78, 5) is 0. The van der Waals surface area contributed by atoms with E-state index >= 15 is 0 Å². The third-order valence-electron chi connectivity index (χ3n) is 4.67. The van der Waals surface area contributed by atoms with Gasteiger partial charge in [0, 0.05) is 25.8 Å². The van der Waals surface area contributed by atoms with Crippen molar-refractivity contribution in [3.8, 4) is 0 Å². The standard InChI is InChI=1S/C14H25NO2/c1-2-7-14(6-1)10-12(5-9-17-14)15-11-13-4-3-8-16-13/h12-13,15H,1-11H2/t12-,13-/m0/s1. The monoisotopic (exact) mass is 239 g/mol. The lowest BCUT2D eigenvalue weighted by Gasteiger charge is -2.39. The van der Waals surface area contributed by atoms with Crippen molar-refractivity contribution in [2.45, 2.75) is 69.1 Å². The Morgan fingerprint density at radius 1 is 1.06 bits per heavy atom. The van der Waals surface area contributed by atoms with Crippen molar-refractivity contribution in [3.05, 3.63) is 0 Å². The molecule has 3 heteroatoms. The van der Waals surface area contributed by atoms with Crippen LogP contribution in [0.25, 0.3) is 0 Å². The molecule has 3 fully saturated rings. The zero-order valence-corrected chi connectivity index (χ0v) is 10.7. The molecule has 0 radical (unpaired) electrons. The second-order valence-corrected chi connectivity index (χ2v) is 5.97. The predicted octanol–water partition coefficient (Wildman–Crippen LogP) is 2.25. The summed E-state index contributed by atoms with van der Waals surface area (Å²) < 4.78 is 11.7. The Bertz CT molecular complexity index is 245. The van der Waals surface area contributed by atoms with Crippen LogP contribution in [0.4, 0.5) is 0 Å². The van der Waals surface area contributed by atoms with Crippen LogP contribution in [-0.4, -0.2) is 37.5 Å². The Morgan fingerprint density at radius 3 is 2.71 bits per heavy atom.